The van der Waals surface area contributed by atoms with Crippen molar-refractivity contribution < 1.29 is 4.52 Å². The normalized spacial score (nSPS) is 15.1. The van der Waals surface area contributed by atoms with E-state index in [4.69, 9.17) is 4.52 Å². The fourth-order valence-corrected chi connectivity index (χ4v) is 2.37. The van der Waals surface area contributed by atoms with Crippen LogP contribution >= 0.6 is 0 Å². The zero-order valence-electron chi connectivity index (χ0n) is 13.2. The molecule has 0 unspecified atom stereocenters. The summed E-state index contributed by atoms with van der Waals surface area (Å²) in [5.74, 6) is 1.65. The van der Waals surface area contributed by atoms with Gasteiger partial charge in [0.25, 0.3) is 0 Å². The van der Waals surface area contributed by atoms with E-state index in [1.165, 1.54) is 24.1 Å². The molecule has 2 aromatic rings. The van der Waals surface area contributed by atoms with E-state index in [0.717, 1.165) is 18.1 Å². The second-order valence-electron chi connectivity index (χ2n) is 6.16. The van der Waals surface area contributed by atoms with Gasteiger partial charge in [-0.2, -0.15) is 10.1 Å². The second-order valence-corrected chi connectivity index (χ2v) is 6.16. The molecule has 2 aromatic heterocycles. The number of hydrogen-bond acceptors (Lipinski definition) is 5. The van der Waals surface area contributed by atoms with Gasteiger partial charge in [0, 0.05) is 29.8 Å². The van der Waals surface area contributed by atoms with Gasteiger partial charge in [-0.3, -0.25) is 4.68 Å². The zero-order chi connectivity index (χ0) is 15.0. The summed E-state index contributed by atoms with van der Waals surface area (Å²) >= 11 is 0. The fraction of sp³-hybridized carbons (Fsp3) is 0.667. The first-order valence-electron chi connectivity index (χ1n) is 7.63. The summed E-state index contributed by atoms with van der Waals surface area (Å²) in [6.45, 7) is 9.70. The van der Waals surface area contributed by atoms with Gasteiger partial charge >= 0.3 is 0 Å². The molecule has 1 fully saturated rings. The molecule has 21 heavy (non-hydrogen) atoms. The Bertz CT molecular complexity index is 624. The SMILES string of the molecule is Cc1nn(Cc2nc(C(C)C)no2)c(C)c1CNC1CC1. The molecule has 1 aliphatic carbocycles. The van der Waals surface area contributed by atoms with E-state index in [2.05, 4.69) is 48.3 Å². The van der Waals surface area contributed by atoms with E-state index < -0.39 is 0 Å². The molecule has 1 N–H and O–H groups in total. The molecule has 0 atom stereocenters. The van der Waals surface area contributed by atoms with Crippen molar-refractivity contribution in [3.63, 3.8) is 0 Å². The number of aryl methyl sites for hydroxylation is 1. The summed E-state index contributed by atoms with van der Waals surface area (Å²) in [6, 6.07) is 0.705. The number of rotatable bonds is 6. The molecular weight excluding hydrogens is 266 g/mol. The van der Waals surface area contributed by atoms with E-state index >= 15 is 0 Å². The molecule has 6 nitrogen and oxygen atoms in total. The summed E-state index contributed by atoms with van der Waals surface area (Å²) < 4.78 is 7.26. The molecule has 0 saturated heterocycles. The Kier molecular flexibility index (Phi) is 3.80. The van der Waals surface area contributed by atoms with Crippen LogP contribution in [0, 0.1) is 13.8 Å². The molecule has 1 aliphatic rings. The van der Waals surface area contributed by atoms with Crippen molar-refractivity contribution in [2.45, 2.75) is 65.6 Å². The van der Waals surface area contributed by atoms with E-state index in [0.29, 0.717) is 18.5 Å². The fourth-order valence-electron chi connectivity index (χ4n) is 2.37. The van der Waals surface area contributed by atoms with Crippen LogP contribution in [0.1, 0.15) is 61.3 Å². The largest absolute Gasteiger partial charge is 0.337 e. The van der Waals surface area contributed by atoms with Crippen molar-refractivity contribution in [1.29, 1.82) is 0 Å². The molecule has 0 bridgehead atoms. The van der Waals surface area contributed by atoms with E-state index in [1.54, 1.807) is 0 Å². The number of nitrogens with one attached hydrogen (secondary N) is 1. The average molecular weight is 289 g/mol. The number of aromatic nitrogens is 4. The molecular formula is C15H23N5O. The maximum absolute atomic E-state index is 5.30. The number of hydrogen-bond donors (Lipinski definition) is 1. The second kappa shape index (κ2) is 5.60. The van der Waals surface area contributed by atoms with Crippen LogP contribution in [0.25, 0.3) is 0 Å². The van der Waals surface area contributed by atoms with Crippen LogP contribution in [0.2, 0.25) is 0 Å². The first-order valence-corrected chi connectivity index (χ1v) is 7.63. The van der Waals surface area contributed by atoms with E-state index in [-0.39, 0.29) is 5.92 Å². The lowest BCUT2D eigenvalue weighted by molar-refractivity contribution is 0.358. The maximum atomic E-state index is 5.30. The summed E-state index contributed by atoms with van der Waals surface area (Å²) in [5, 5.41) is 12.2. The third-order valence-electron chi connectivity index (χ3n) is 3.96. The third-order valence-corrected chi connectivity index (χ3v) is 3.96. The summed E-state index contributed by atoms with van der Waals surface area (Å²) in [7, 11) is 0. The van der Waals surface area contributed by atoms with Crippen LogP contribution in [0.15, 0.2) is 4.52 Å². The molecule has 0 radical (unpaired) electrons. The van der Waals surface area contributed by atoms with Crippen LogP contribution in [0.4, 0.5) is 0 Å². The van der Waals surface area contributed by atoms with Crippen molar-refractivity contribution >= 4 is 0 Å². The lowest BCUT2D eigenvalue weighted by Gasteiger charge is -2.04. The van der Waals surface area contributed by atoms with Gasteiger partial charge < -0.3 is 9.84 Å². The van der Waals surface area contributed by atoms with Gasteiger partial charge in [0.05, 0.1) is 5.69 Å². The monoisotopic (exact) mass is 289 g/mol. The lowest BCUT2D eigenvalue weighted by Crippen LogP contribution is -2.16. The van der Waals surface area contributed by atoms with Crippen LogP contribution in [-0.4, -0.2) is 26.0 Å². The highest BCUT2D eigenvalue weighted by molar-refractivity contribution is 5.25. The topological polar surface area (TPSA) is 68.8 Å². The molecule has 3 rings (SSSR count). The molecule has 0 amide bonds. The van der Waals surface area contributed by atoms with Gasteiger partial charge in [-0.05, 0) is 26.7 Å². The Morgan fingerprint density at radius 2 is 2.10 bits per heavy atom. The minimum absolute atomic E-state index is 0.279. The van der Waals surface area contributed by atoms with E-state index in [1.807, 2.05) is 4.68 Å². The molecule has 114 valence electrons. The minimum Gasteiger partial charge on any atom is -0.337 e. The van der Waals surface area contributed by atoms with Gasteiger partial charge in [-0.15, -0.1) is 0 Å². The minimum atomic E-state index is 0.279. The van der Waals surface area contributed by atoms with Gasteiger partial charge in [-0.1, -0.05) is 19.0 Å². The molecule has 1 saturated carbocycles. The molecule has 0 spiro atoms. The highest BCUT2D eigenvalue weighted by Crippen LogP contribution is 2.21. The van der Waals surface area contributed by atoms with Crippen molar-refractivity contribution in [3.8, 4) is 0 Å². The van der Waals surface area contributed by atoms with Gasteiger partial charge in [0.1, 0.15) is 6.54 Å². The highest BCUT2D eigenvalue weighted by Gasteiger charge is 2.22. The van der Waals surface area contributed by atoms with Crippen LogP contribution in [-0.2, 0) is 13.1 Å². The Morgan fingerprint density at radius 3 is 2.71 bits per heavy atom. The molecule has 0 aromatic carbocycles. The third kappa shape index (κ3) is 3.15. The predicted octanol–water partition coefficient (Wildman–Crippen LogP) is 2.31. The summed E-state index contributed by atoms with van der Waals surface area (Å²) in [5.41, 5.74) is 3.53. The average Bonchev–Trinajstić information content (AvgIpc) is 3.07. The summed E-state index contributed by atoms with van der Waals surface area (Å²) in [6.07, 6.45) is 2.60. The van der Waals surface area contributed by atoms with Crippen molar-refractivity contribution in [2.24, 2.45) is 0 Å². The Hall–Kier alpha value is -1.69. The van der Waals surface area contributed by atoms with Crippen molar-refractivity contribution in [3.05, 3.63) is 28.7 Å². The Morgan fingerprint density at radius 1 is 1.33 bits per heavy atom. The standard InChI is InChI=1S/C15H23N5O/c1-9(2)15-17-14(21-19-15)8-20-11(4)13(10(3)18-20)7-16-12-5-6-12/h9,12,16H,5-8H2,1-4H3. The van der Waals surface area contributed by atoms with E-state index in [9.17, 15) is 0 Å². The zero-order valence-corrected chi connectivity index (χ0v) is 13.2. The smallest absolute Gasteiger partial charge is 0.248 e. The van der Waals surface area contributed by atoms with Crippen LogP contribution < -0.4 is 5.32 Å². The van der Waals surface area contributed by atoms with Gasteiger partial charge in [0.15, 0.2) is 5.82 Å². The molecule has 0 aliphatic heterocycles. The first-order chi connectivity index (χ1) is 10.0. The van der Waals surface area contributed by atoms with Gasteiger partial charge in [-0.25, -0.2) is 0 Å². The lowest BCUT2D eigenvalue weighted by atomic mass is 10.2. The quantitative estimate of drug-likeness (QED) is 0.883. The summed E-state index contributed by atoms with van der Waals surface area (Å²) in [4.78, 5) is 4.42. The van der Waals surface area contributed by atoms with Crippen molar-refractivity contribution in [1.82, 2.24) is 25.2 Å². The first kappa shape index (κ1) is 14.3. The highest BCUT2D eigenvalue weighted by atomic mass is 16.5. The van der Waals surface area contributed by atoms with Crippen LogP contribution in [0.3, 0.4) is 0 Å². The Balaban J connectivity index is 1.73. The van der Waals surface area contributed by atoms with Crippen molar-refractivity contribution in [2.75, 3.05) is 0 Å². The molecule has 2 heterocycles. The maximum Gasteiger partial charge on any atom is 0.248 e. The van der Waals surface area contributed by atoms with Gasteiger partial charge in [0.2, 0.25) is 5.89 Å². The van der Waals surface area contributed by atoms with Crippen LogP contribution in [0.5, 0.6) is 0 Å². The number of nitrogens with zero attached hydrogens (tertiary/aromatic N) is 4. The Labute approximate surface area is 124 Å². The molecule has 6 heteroatoms. The predicted molar refractivity (Wildman–Crippen MR) is 79.1 cm³/mol.